The minimum absolute atomic E-state index is 0.159. The van der Waals surface area contributed by atoms with Crippen molar-refractivity contribution in [2.45, 2.75) is 51.5 Å². The van der Waals surface area contributed by atoms with E-state index in [1.54, 1.807) is 0 Å². The van der Waals surface area contributed by atoms with Gasteiger partial charge in [-0.05, 0) is 37.7 Å². The van der Waals surface area contributed by atoms with E-state index in [9.17, 15) is 4.79 Å². The van der Waals surface area contributed by atoms with Gasteiger partial charge in [-0.1, -0.05) is 36.8 Å². The van der Waals surface area contributed by atoms with Crippen molar-refractivity contribution in [1.29, 1.82) is 0 Å². The summed E-state index contributed by atoms with van der Waals surface area (Å²) in [5.74, 6) is 0.578. The van der Waals surface area contributed by atoms with Crippen LogP contribution in [0.3, 0.4) is 0 Å². The second-order valence-electron chi connectivity index (χ2n) is 5.96. The zero-order chi connectivity index (χ0) is 14.5. The number of carbonyl (C=O) groups excluding carboxylic acids is 1. The van der Waals surface area contributed by atoms with Crippen molar-refractivity contribution >= 4 is 5.91 Å². The lowest BCUT2D eigenvalue weighted by molar-refractivity contribution is -0.132. The predicted molar refractivity (Wildman–Crippen MR) is 82.6 cm³/mol. The Balaban J connectivity index is 1.98. The van der Waals surface area contributed by atoms with Gasteiger partial charge in [-0.25, -0.2) is 0 Å². The van der Waals surface area contributed by atoms with Crippen molar-refractivity contribution in [2.75, 3.05) is 13.1 Å². The molecule has 0 aromatic heterocycles. The fraction of sp³-hybridized carbons (Fsp3) is 0.588. The molecule has 110 valence electrons. The van der Waals surface area contributed by atoms with Crippen LogP contribution in [0.25, 0.3) is 0 Å². The monoisotopic (exact) mass is 274 g/mol. The lowest BCUT2D eigenvalue weighted by Gasteiger charge is -2.32. The number of rotatable bonds is 4. The third-order valence-corrected chi connectivity index (χ3v) is 4.27. The molecule has 0 aliphatic carbocycles. The van der Waals surface area contributed by atoms with Crippen LogP contribution in [0.4, 0.5) is 0 Å². The molecule has 1 aromatic rings. The van der Waals surface area contributed by atoms with E-state index in [-0.39, 0.29) is 11.9 Å². The van der Waals surface area contributed by atoms with Gasteiger partial charge in [0, 0.05) is 25.6 Å². The minimum Gasteiger partial charge on any atom is -0.341 e. The van der Waals surface area contributed by atoms with Crippen molar-refractivity contribution in [3.05, 3.63) is 35.4 Å². The Morgan fingerprint density at radius 3 is 2.70 bits per heavy atom. The van der Waals surface area contributed by atoms with Crippen LogP contribution < -0.4 is 5.73 Å². The van der Waals surface area contributed by atoms with Crippen LogP contribution in [-0.2, 0) is 4.79 Å². The minimum atomic E-state index is 0.159. The molecule has 2 N–H and O–H groups in total. The quantitative estimate of drug-likeness (QED) is 0.917. The second kappa shape index (κ2) is 6.89. The number of benzene rings is 1. The van der Waals surface area contributed by atoms with Crippen LogP contribution in [-0.4, -0.2) is 29.9 Å². The molecule has 0 saturated carbocycles. The molecule has 2 rings (SSSR count). The summed E-state index contributed by atoms with van der Waals surface area (Å²) in [5, 5.41) is 0. The summed E-state index contributed by atoms with van der Waals surface area (Å²) in [5.41, 5.74) is 8.49. The van der Waals surface area contributed by atoms with Gasteiger partial charge in [0.05, 0.1) is 0 Å². The maximum atomic E-state index is 12.4. The number of aryl methyl sites for hydroxylation is 1. The van der Waals surface area contributed by atoms with E-state index in [1.165, 1.54) is 11.1 Å². The van der Waals surface area contributed by atoms with Gasteiger partial charge >= 0.3 is 0 Å². The molecular weight excluding hydrogens is 248 g/mol. The van der Waals surface area contributed by atoms with E-state index in [2.05, 4.69) is 38.1 Å². The van der Waals surface area contributed by atoms with Crippen molar-refractivity contribution in [3.63, 3.8) is 0 Å². The Labute approximate surface area is 122 Å². The van der Waals surface area contributed by atoms with Gasteiger partial charge in [0.25, 0.3) is 0 Å². The summed E-state index contributed by atoms with van der Waals surface area (Å²) in [6.45, 7) is 5.84. The Bertz CT molecular complexity index is 441. The smallest absolute Gasteiger partial charge is 0.223 e. The average Bonchev–Trinajstić information content (AvgIpc) is 2.45. The molecular formula is C17H26N2O. The van der Waals surface area contributed by atoms with Crippen molar-refractivity contribution in [1.82, 2.24) is 4.90 Å². The summed E-state index contributed by atoms with van der Waals surface area (Å²) in [6, 6.07) is 8.71. The summed E-state index contributed by atoms with van der Waals surface area (Å²) < 4.78 is 0. The molecule has 1 aliphatic rings. The number of nitrogens with zero attached hydrogens (tertiary/aromatic N) is 1. The van der Waals surface area contributed by atoms with Gasteiger partial charge in [0.1, 0.15) is 0 Å². The third kappa shape index (κ3) is 3.83. The molecule has 0 bridgehead atoms. The van der Waals surface area contributed by atoms with E-state index < -0.39 is 0 Å². The van der Waals surface area contributed by atoms with E-state index in [1.807, 2.05) is 4.90 Å². The maximum Gasteiger partial charge on any atom is 0.223 e. The lowest BCUT2D eigenvalue weighted by atomic mass is 9.91. The van der Waals surface area contributed by atoms with Crippen molar-refractivity contribution in [2.24, 2.45) is 5.73 Å². The number of piperidine rings is 1. The number of likely N-dealkylation sites (tertiary alicyclic amines) is 1. The van der Waals surface area contributed by atoms with Gasteiger partial charge in [0.2, 0.25) is 5.91 Å². The van der Waals surface area contributed by atoms with E-state index in [4.69, 9.17) is 5.73 Å². The Morgan fingerprint density at radius 1 is 1.40 bits per heavy atom. The third-order valence-electron chi connectivity index (χ3n) is 4.27. The molecule has 3 nitrogen and oxygen atoms in total. The summed E-state index contributed by atoms with van der Waals surface area (Å²) >= 11 is 0. The molecule has 2 atom stereocenters. The number of amides is 1. The van der Waals surface area contributed by atoms with Crippen molar-refractivity contribution < 1.29 is 4.79 Å². The van der Waals surface area contributed by atoms with Crippen molar-refractivity contribution in [3.8, 4) is 0 Å². The summed E-state index contributed by atoms with van der Waals surface area (Å²) in [7, 11) is 0. The first-order valence-corrected chi connectivity index (χ1v) is 7.70. The van der Waals surface area contributed by atoms with Crippen LogP contribution in [0.2, 0.25) is 0 Å². The first-order valence-electron chi connectivity index (χ1n) is 7.70. The van der Waals surface area contributed by atoms with Crippen LogP contribution in [0, 0.1) is 6.92 Å². The highest BCUT2D eigenvalue weighted by Gasteiger charge is 2.23. The zero-order valence-electron chi connectivity index (χ0n) is 12.6. The maximum absolute atomic E-state index is 12.4. The SMILES string of the molecule is CCC(CC(=O)N1CCCC(N)C1)c1ccc(C)cc1. The first kappa shape index (κ1) is 15.0. The normalized spacial score (nSPS) is 20.8. The predicted octanol–water partition coefficient (Wildman–Crippen LogP) is 2.83. The molecule has 3 heteroatoms. The highest BCUT2D eigenvalue weighted by Crippen LogP contribution is 2.25. The van der Waals surface area contributed by atoms with E-state index >= 15 is 0 Å². The van der Waals surface area contributed by atoms with Gasteiger partial charge in [0.15, 0.2) is 0 Å². The molecule has 1 heterocycles. The number of hydrogen-bond acceptors (Lipinski definition) is 2. The van der Waals surface area contributed by atoms with E-state index in [0.29, 0.717) is 12.3 Å². The molecule has 1 fully saturated rings. The van der Waals surface area contributed by atoms with Gasteiger partial charge in [-0.3, -0.25) is 4.79 Å². The molecule has 20 heavy (non-hydrogen) atoms. The zero-order valence-corrected chi connectivity index (χ0v) is 12.6. The highest BCUT2D eigenvalue weighted by atomic mass is 16.2. The van der Waals surface area contributed by atoms with Gasteiger partial charge < -0.3 is 10.6 Å². The van der Waals surface area contributed by atoms with E-state index in [0.717, 1.165) is 32.4 Å². The molecule has 0 radical (unpaired) electrons. The van der Waals surface area contributed by atoms with Crippen LogP contribution in [0.15, 0.2) is 24.3 Å². The standard InChI is InChI=1S/C17H26N2O/c1-3-14(15-8-6-13(2)7-9-15)11-17(20)19-10-4-5-16(18)12-19/h6-9,14,16H,3-5,10-12,18H2,1-2H3. The number of carbonyl (C=O) groups is 1. The highest BCUT2D eigenvalue weighted by molar-refractivity contribution is 5.77. The topological polar surface area (TPSA) is 46.3 Å². The molecule has 1 saturated heterocycles. The summed E-state index contributed by atoms with van der Waals surface area (Å²) in [6.07, 6.45) is 3.67. The van der Waals surface area contributed by atoms with Crippen LogP contribution in [0.1, 0.15) is 49.7 Å². The first-order chi connectivity index (χ1) is 9.60. The van der Waals surface area contributed by atoms with Crippen LogP contribution in [0.5, 0.6) is 0 Å². The molecule has 1 aromatic carbocycles. The molecule has 0 spiro atoms. The largest absolute Gasteiger partial charge is 0.341 e. The lowest BCUT2D eigenvalue weighted by Crippen LogP contribution is -2.46. The Kier molecular flexibility index (Phi) is 5.18. The Morgan fingerprint density at radius 2 is 2.10 bits per heavy atom. The molecule has 1 amide bonds. The summed E-state index contributed by atoms with van der Waals surface area (Å²) in [4.78, 5) is 14.4. The Hall–Kier alpha value is -1.35. The van der Waals surface area contributed by atoms with Gasteiger partial charge in [-0.15, -0.1) is 0 Å². The fourth-order valence-electron chi connectivity index (χ4n) is 2.91. The van der Waals surface area contributed by atoms with Gasteiger partial charge in [-0.2, -0.15) is 0 Å². The fourth-order valence-corrected chi connectivity index (χ4v) is 2.91. The number of hydrogen-bond donors (Lipinski definition) is 1. The average molecular weight is 274 g/mol. The molecule has 2 unspecified atom stereocenters. The van der Waals surface area contributed by atoms with Crippen LogP contribution >= 0.6 is 0 Å². The molecule has 1 aliphatic heterocycles. The number of nitrogens with two attached hydrogens (primary N) is 1. The second-order valence-corrected chi connectivity index (χ2v) is 5.96.